The highest BCUT2D eigenvalue weighted by Crippen LogP contribution is 2.65. The summed E-state index contributed by atoms with van der Waals surface area (Å²) in [4.78, 5) is 24.5. The molecule has 0 heterocycles. The van der Waals surface area contributed by atoms with E-state index in [2.05, 4.69) is 32.2 Å². The topological polar surface area (TPSA) is 34.1 Å². The average Bonchev–Trinajstić information content (AvgIpc) is 2.83. The van der Waals surface area contributed by atoms with E-state index in [1.807, 2.05) is 6.08 Å². The average molecular weight is 365 g/mol. The number of carbonyl (C=O) groups excluding carboxylic acids is 2. The third-order valence-corrected chi connectivity index (χ3v) is 8.31. The molecule has 0 aromatic rings. The maximum atomic E-state index is 12.5. The molecule has 0 aliphatic heterocycles. The Kier molecular flexibility index (Phi) is 4.23. The molecule has 0 saturated heterocycles. The van der Waals surface area contributed by atoms with Crippen molar-refractivity contribution in [2.45, 2.75) is 69.3 Å². The van der Waals surface area contributed by atoms with Gasteiger partial charge in [-0.3, -0.25) is 9.59 Å². The summed E-state index contributed by atoms with van der Waals surface area (Å²) in [5.74, 6) is 2.60. The van der Waals surface area contributed by atoms with Gasteiger partial charge >= 0.3 is 0 Å². The van der Waals surface area contributed by atoms with Gasteiger partial charge < -0.3 is 0 Å². The minimum absolute atomic E-state index is 0.0545. The van der Waals surface area contributed by atoms with Crippen molar-refractivity contribution < 1.29 is 9.59 Å². The molecule has 4 heteroatoms. The van der Waals surface area contributed by atoms with Crippen molar-refractivity contribution in [1.82, 2.24) is 0 Å². The number of rotatable bonds is 2. The molecule has 0 spiro atoms. The molecule has 4 aliphatic carbocycles. The lowest BCUT2D eigenvalue weighted by molar-refractivity contribution is -0.133. The Morgan fingerprint density at radius 2 is 1.88 bits per heavy atom. The SMILES string of the molecule is C[C@]12CC[C@@H]3[C@@H](CCC4=CC(=O)CC[C@@]43CC(S)S)[C@@H]1CCC2=O. The van der Waals surface area contributed by atoms with Gasteiger partial charge in [0.25, 0.3) is 0 Å². The third kappa shape index (κ3) is 2.39. The van der Waals surface area contributed by atoms with Crippen molar-refractivity contribution in [3.8, 4) is 0 Å². The summed E-state index contributed by atoms with van der Waals surface area (Å²) in [6, 6.07) is 0. The second kappa shape index (κ2) is 5.90. The van der Waals surface area contributed by atoms with Gasteiger partial charge in [-0.1, -0.05) is 12.5 Å². The molecule has 0 unspecified atom stereocenters. The zero-order valence-corrected chi connectivity index (χ0v) is 16.3. The van der Waals surface area contributed by atoms with E-state index >= 15 is 0 Å². The van der Waals surface area contributed by atoms with Gasteiger partial charge in [0, 0.05) is 22.8 Å². The Morgan fingerprint density at radius 1 is 1.08 bits per heavy atom. The van der Waals surface area contributed by atoms with Gasteiger partial charge in [0.05, 0.1) is 0 Å². The Labute approximate surface area is 156 Å². The van der Waals surface area contributed by atoms with Gasteiger partial charge in [0.15, 0.2) is 5.78 Å². The van der Waals surface area contributed by atoms with Crippen molar-refractivity contribution in [1.29, 1.82) is 0 Å². The Hall–Kier alpha value is -0.220. The van der Waals surface area contributed by atoms with Crippen LogP contribution in [0.3, 0.4) is 0 Å². The van der Waals surface area contributed by atoms with Gasteiger partial charge in [0.1, 0.15) is 5.78 Å². The number of hydrogen-bond acceptors (Lipinski definition) is 4. The molecule has 0 N–H and O–H groups in total. The largest absolute Gasteiger partial charge is 0.299 e. The van der Waals surface area contributed by atoms with Crippen molar-refractivity contribution in [3.05, 3.63) is 11.6 Å². The summed E-state index contributed by atoms with van der Waals surface area (Å²) in [5, 5.41) is 0. The van der Waals surface area contributed by atoms with E-state index in [9.17, 15) is 9.59 Å². The summed E-state index contributed by atoms with van der Waals surface area (Å²) in [6.45, 7) is 2.23. The van der Waals surface area contributed by atoms with Crippen LogP contribution in [0.5, 0.6) is 0 Å². The Morgan fingerprint density at radius 3 is 2.62 bits per heavy atom. The highest BCUT2D eigenvalue weighted by Gasteiger charge is 2.60. The predicted octanol–water partition coefficient (Wildman–Crippen LogP) is 4.64. The molecule has 5 atom stereocenters. The third-order valence-electron chi connectivity index (χ3n) is 7.94. The van der Waals surface area contributed by atoms with Crippen LogP contribution in [0.4, 0.5) is 0 Å². The number of thiol groups is 2. The minimum Gasteiger partial charge on any atom is -0.299 e. The first-order chi connectivity index (χ1) is 11.4. The molecule has 3 fully saturated rings. The van der Waals surface area contributed by atoms with Gasteiger partial charge in [-0.05, 0) is 74.2 Å². The first-order valence-electron chi connectivity index (χ1n) is 9.50. The fraction of sp³-hybridized carbons (Fsp3) is 0.800. The maximum Gasteiger partial charge on any atom is 0.155 e. The second-order valence-electron chi connectivity index (χ2n) is 8.81. The van der Waals surface area contributed by atoms with E-state index in [0.29, 0.717) is 35.7 Å². The van der Waals surface area contributed by atoms with Crippen LogP contribution in [0.15, 0.2) is 11.6 Å². The van der Waals surface area contributed by atoms with E-state index in [4.69, 9.17) is 0 Å². The van der Waals surface area contributed by atoms with E-state index in [1.54, 1.807) is 0 Å². The maximum absolute atomic E-state index is 12.5. The molecule has 0 bridgehead atoms. The van der Waals surface area contributed by atoms with Gasteiger partial charge in [-0.15, -0.1) is 0 Å². The summed E-state index contributed by atoms with van der Waals surface area (Å²) in [7, 11) is 0. The molecule has 2 nitrogen and oxygen atoms in total. The van der Waals surface area contributed by atoms with Crippen molar-refractivity contribution in [2.24, 2.45) is 28.6 Å². The quantitative estimate of drug-likeness (QED) is 0.553. The number of hydrogen-bond donors (Lipinski definition) is 2. The van der Waals surface area contributed by atoms with Crippen LogP contribution >= 0.6 is 25.3 Å². The number of allylic oxidation sites excluding steroid dienone is 1. The number of ketones is 2. The number of carbonyl (C=O) groups is 2. The Bertz CT molecular complexity index is 611. The molecule has 0 amide bonds. The molecule has 132 valence electrons. The fourth-order valence-electron chi connectivity index (χ4n) is 6.84. The van der Waals surface area contributed by atoms with E-state index in [1.165, 1.54) is 5.57 Å². The van der Waals surface area contributed by atoms with Crippen LogP contribution in [-0.2, 0) is 9.59 Å². The summed E-state index contributed by atoms with van der Waals surface area (Å²) < 4.78 is 0.0545. The molecule has 4 aliphatic rings. The van der Waals surface area contributed by atoms with Crippen molar-refractivity contribution >= 4 is 36.8 Å². The first kappa shape index (κ1) is 17.2. The lowest BCUT2D eigenvalue weighted by atomic mass is 9.46. The predicted molar refractivity (Wildman–Crippen MR) is 102 cm³/mol. The first-order valence-corrected chi connectivity index (χ1v) is 10.5. The van der Waals surface area contributed by atoms with Crippen LogP contribution in [-0.4, -0.2) is 16.1 Å². The van der Waals surface area contributed by atoms with E-state index in [0.717, 1.165) is 51.4 Å². The highest BCUT2D eigenvalue weighted by atomic mass is 32.2. The zero-order chi connectivity index (χ0) is 17.1. The van der Waals surface area contributed by atoms with Gasteiger partial charge in [-0.25, -0.2) is 0 Å². The summed E-state index contributed by atoms with van der Waals surface area (Å²) in [5.41, 5.74) is 1.41. The van der Waals surface area contributed by atoms with Crippen LogP contribution in [0, 0.1) is 28.6 Å². The van der Waals surface area contributed by atoms with Crippen LogP contribution in [0.25, 0.3) is 0 Å². The Balaban J connectivity index is 1.73. The van der Waals surface area contributed by atoms with E-state index in [-0.39, 0.29) is 15.4 Å². The molecular weight excluding hydrogens is 336 g/mol. The lowest BCUT2D eigenvalue weighted by Crippen LogP contribution is -2.52. The highest BCUT2D eigenvalue weighted by molar-refractivity contribution is 7.99. The second-order valence-corrected chi connectivity index (χ2v) is 10.5. The summed E-state index contributed by atoms with van der Waals surface area (Å²) >= 11 is 9.21. The lowest BCUT2D eigenvalue weighted by Gasteiger charge is -2.58. The fourth-order valence-corrected chi connectivity index (χ4v) is 7.49. The monoisotopic (exact) mass is 364 g/mol. The molecular formula is C20H28O2S2. The van der Waals surface area contributed by atoms with E-state index < -0.39 is 0 Å². The zero-order valence-electron chi connectivity index (χ0n) is 14.5. The van der Waals surface area contributed by atoms with Crippen LogP contribution in [0.1, 0.15) is 64.7 Å². The molecule has 24 heavy (non-hydrogen) atoms. The molecule has 4 rings (SSSR count). The van der Waals surface area contributed by atoms with Crippen molar-refractivity contribution in [3.63, 3.8) is 0 Å². The number of Topliss-reactive ketones (excluding diaryl/α,β-unsaturated/α-hetero) is 1. The molecule has 0 aromatic heterocycles. The van der Waals surface area contributed by atoms with Crippen LogP contribution in [0.2, 0.25) is 0 Å². The van der Waals surface area contributed by atoms with Crippen LogP contribution < -0.4 is 0 Å². The minimum atomic E-state index is -0.0740. The van der Waals surface area contributed by atoms with Crippen molar-refractivity contribution in [2.75, 3.05) is 0 Å². The van der Waals surface area contributed by atoms with Gasteiger partial charge in [0.2, 0.25) is 0 Å². The molecule has 3 saturated carbocycles. The summed E-state index contributed by atoms with van der Waals surface area (Å²) in [6.07, 6.45) is 10.7. The number of fused-ring (bicyclic) bond motifs is 5. The normalized spacial score (nSPS) is 44.8. The smallest absolute Gasteiger partial charge is 0.155 e. The van der Waals surface area contributed by atoms with Gasteiger partial charge in [-0.2, -0.15) is 25.3 Å². The molecule has 0 radical (unpaired) electrons. The standard InChI is InChI=1S/C20H28O2S2/c1-19-8-7-16-14(15(19)4-5-17(19)22)3-2-12-10-13(21)6-9-20(12,16)11-18(23)24/h10,14-16,18,23-24H,2-9,11H2,1H3/t14-,15-,16+,19-,20+/m0/s1. The molecule has 0 aromatic carbocycles.